The van der Waals surface area contributed by atoms with Gasteiger partial charge in [0.1, 0.15) is 5.75 Å². The Morgan fingerprint density at radius 3 is 2.79 bits per heavy atom. The highest BCUT2D eigenvalue weighted by Gasteiger charge is 2.34. The predicted octanol–water partition coefficient (Wildman–Crippen LogP) is 2.82. The zero-order valence-corrected chi connectivity index (χ0v) is 12.2. The van der Waals surface area contributed by atoms with Gasteiger partial charge in [-0.2, -0.15) is 0 Å². The summed E-state index contributed by atoms with van der Waals surface area (Å²) < 4.78 is 5.52. The summed E-state index contributed by atoms with van der Waals surface area (Å²) in [6.07, 6.45) is 2.61. The smallest absolute Gasteiger partial charge is 0.126 e. The molecular weight excluding hydrogens is 236 g/mol. The highest BCUT2D eigenvalue weighted by atomic mass is 16.5. The minimum absolute atomic E-state index is 0.630. The highest BCUT2D eigenvalue weighted by Crippen LogP contribution is 2.33. The number of anilines is 1. The van der Waals surface area contributed by atoms with Gasteiger partial charge in [0.15, 0.2) is 0 Å². The molecule has 2 saturated heterocycles. The molecular formula is C16H24N2O. The van der Waals surface area contributed by atoms with Crippen LogP contribution < -0.4 is 10.1 Å². The third kappa shape index (κ3) is 2.32. The zero-order chi connectivity index (χ0) is 13.4. The minimum Gasteiger partial charge on any atom is -0.496 e. The van der Waals surface area contributed by atoms with Crippen molar-refractivity contribution in [3.05, 3.63) is 23.3 Å². The van der Waals surface area contributed by atoms with E-state index in [0.717, 1.165) is 11.7 Å². The van der Waals surface area contributed by atoms with Gasteiger partial charge in [-0.05, 0) is 50.8 Å². The summed E-state index contributed by atoms with van der Waals surface area (Å²) in [6.45, 7) is 8.07. The molecule has 3 heteroatoms. The Morgan fingerprint density at radius 2 is 2.00 bits per heavy atom. The number of ether oxygens (including phenoxy) is 1. The lowest BCUT2D eigenvalue weighted by Crippen LogP contribution is -2.39. The molecule has 3 nitrogen and oxygen atoms in total. The Labute approximate surface area is 115 Å². The molecule has 3 unspecified atom stereocenters. The molecule has 2 aliphatic rings. The van der Waals surface area contributed by atoms with Crippen LogP contribution in [0, 0.1) is 19.8 Å². The number of nitrogens with zero attached hydrogens (tertiary/aromatic N) is 1. The van der Waals surface area contributed by atoms with Gasteiger partial charge in [0, 0.05) is 30.4 Å². The number of piperidine rings is 1. The Balaban J connectivity index is 1.79. The maximum absolute atomic E-state index is 5.52. The highest BCUT2D eigenvalue weighted by molar-refractivity contribution is 5.60. The Bertz CT molecular complexity index is 472. The van der Waals surface area contributed by atoms with E-state index >= 15 is 0 Å². The summed E-state index contributed by atoms with van der Waals surface area (Å²) in [4.78, 5) is 2.59. The van der Waals surface area contributed by atoms with E-state index in [0.29, 0.717) is 6.04 Å². The van der Waals surface area contributed by atoms with Gasteiger partial charge in [-0.3, -0.25) is 0 Å². The first-order chi connectivity index (χ1) is 9.19. The van der Waals surface area contributed by atoms with E-state index in [9.17, 15) is 0 Å². The fraction of sp³-hybridized carbons (Fsp3) is 0.625. The molecule has 0 radical (unpaired) electrons. The molecule has 3 rings (SSSR count). The number of rotatable bonds is 3. The summed E-state index contributed by atoms with van der Waals surface area (Å²) in [5.74, 6) is 1.84. The third-order valence-electron chi connectivity index (χ3n) is 4.78. The molecule has 1 aromatic rings. The maximum Gasteiger partial charge on any atom is 0.126 e. The second kappa shape index (κ2) is 5.04. The number of benzene rings is 1. The van der Waals surface area contributed by atoms with Crippen LogP contribution >= 0.6 is 0 Å². The van der Waals surface area contributed by atoms with Crippen LogP contribution in [0.3, 0.4) is 0 Å². The van der Waals surface area contributed by atoms with Crippen molar-refractivity contribution >= 4 is 5.69 Å². The summed E-state index contributed by atoms with van der Waals surface area (Å²) in [7, 11) is 1.76. The fourth-order valence-electron chi connectivity index (χ4n) is 3.64. The van der Waals surface area contributed by atoms with Crippen molar-refractivity contribution in [2.75, 3.05) is 32.1 Å². The van der Waals surface area contributed by atoms with E-state index in [-0.39, 0.29) is 0 Å². The van der Waals surface area contributed by atoms with Crippen molar-refractivity contribution in [2.45, 2.75) is 32.7 Å². The van der Waals surface area contributed by atoms with Gasteiger partial charge in [-0.15, -0.1) is 0 Å². The lowest BCUT2D eigenvalue weighted by molar-refractivity contribution is 0.255. The van der Waals surface area contributed by atoms with Crippen LogP contribution in [0.5, 0.6) is 5.75 Å². The van der Waals surface area contributed by atoms with Crippen LogP contribution in [0.4, 0.5) is 5.69 Å². The molecule has 3 atom stereocenters. The van der Waals surface area contributed by atoms with E-state index in [1.165, 1.54) is 49.3 Å². The molecule has 1 aromatic carbocycles. The average Bonchev–Trinajstić information content (AvgIpc) is 2.79. The van der Waals surface area contributed by atoms with Gasteiger partial charge < -0.3 is 15.0 Å². The fourth-order valence-corrected chi connectivity index (χ4v) is 3.64. The van der Waals surface area contributed by atoms with E-state index in [1.54, 1.807) is 7.11 Å². The summed E-state index contributed by atoms with van der Waals surface area (Å²) in [5, 5.41) is 3.77. The van der Waals surface area contributed by atoms with Crippen LogP contribution in [-0.4, -0.2) is 37.7 Å². The Hall–Kier alpha value is -1.22. The minimum atomic E-state index is 0.630. The number of hydrogen-bond acceptors (Lipinski definition) is 3. The SMILES string of the molecule is COc1c(C)ccc(NC2CCN3CCC2C3)c1C. The zero-order valence-electron chi connectivity index (χ0n) is 12.2. The van der Waals surface area contributed by atoms with Gasteiger partial charge in [0.25, 0.3) is 0 Å². The van der Waals surface area contributed by atoms with Gasteiger partial charge in [-0.25, -0.2) is 0 Å². The van der Waals surface area contributed by atoms with Crippen molar-refractivity contribution in [2.24, 2.45) is 5.92 Å². The van der Waals surface area contributed by atoms with Crippen LogP contribution in [-0.2, 0) is 0 Å². The molecule has 2 fully saturated rings. The monoisotopic (exact) mass is 260 g/mol. The van der Waals surface area contributed by atoms with Gasteiger partial charge >= 0.3 is 0 Å². The van der Waals surface area contributed by atoms with Crippen LogP contribution in [0.1, 0.15) is 24.0 Å². The first-order valence-electron chi connectivity index (χ1n) is 7.32. The predicted molar refractivity (Wildman–Crippen MR) is 79.0 cm³/mol. The van der Waals surface area contributed by atoms with Crippen LogP contribution in [0.2, 0.25) is 0 Å². The third-order valence-corrected chi connectivity index (χ3v) is 4.78. The molecule has 0 aromatic heterocycles. The largest absolute Gasteiger partial charge is 0.496 e. The Kier molecular flexibility index (Phi) is 3.40. The van der Waals surface area contributed by atoms with Crippen molar-refractivity contribution < 1.29 is 4.74 Å². The summed E-state index contributed by atoms with van der Waals surface area (Å²) in [5.41, 5.74) is 3.69. The number of methoxy groups -OCH3 is 1. The number of hydrogen-bond donors (Lipinski definition) is 1. The van der Waals surface area contributed by atoms with Crippen LogP contribution in [0.25, 0.3) is 0 Å². The second-order valence-electron chi connectivity index (χ2n) is 5.98. The van der Waals surface area contributed by atoms with E-state index in [2.05, 4.69) is 36.2 Å². The summed E-state index contributed by atoms with van der Waals surface area (Å²) >= 11 is 0. The number of aryl methyl sites for hydroxylation is 1. The van der Waals surface area contributed by atoms with Gasteiger partial charge in [-0.1, -0.05) is 6.07 Å². The molecule has 0 amide bonds. The van der Waals surface area contributed by atoms with E-state index in [4.69, 9.17) is 4.74 Å². The molecule has 1 N–H and O–H groups in total. The molecule has 2 heterocycles. The van der Waals surface area contributed by atoms with Gasteiger partial charge in [0.2, 0.25) is 0 Å². The lowest BCUT2D eigenvalue weighted by atomic mass is 9.93. The molecule has 2 aliphatic heterocycles. The maximum atomic E-state index is 5.52. The van der Waals surface area contributed by atoms with Crippen molar-refractivity contribution in [1.29, 1.82) is 0 Å². The second-order valence-corrected chi connectivity index (χ2v) is 5.98. The quantitative estimate of drug-likeness (QED) is 0.904. The van der Waals surface area contributed by atoms with Crippen molar-refractivity contribution in [1.82, 2.24) is 4.90 Å². The molecule has 2 bridgehead atoms. The molecule has 0 spiro atoms. The number of fused-ring (bicyclic) bond motifs is 2. The lowest BCUT2D eigenvalue weighted by Gasteiger charge is -2.32. The topological polar surface area (TPSA) is 24.5 Å². The average molecular weight is 260 g/mol. The van der Waals surface area contributed by atoms with E-state index < -0.39 is 0 Å². The summed E-state index contributed by atoms with van der Waals surface area (Å²) in [6, 6.07) is 4.98. The Morgan fingerprint density at radius 1 is 1.21 bits per heavy atom. The molecule has 0 aliphatic carbocycles. The number of nitrogens with one attached hydrogen (secondary N) is 1. The molecule has 19 heavy (non-hydrogen) atoms. The van der Waals surface area contributed by atoms with Gasteiger partial charge in [0.05, 0.1) is 7.11 Å². The van der Waals surface area contributed by atoms with E-state index in [1.807, 2.05) is 0 Å². The van der Waals surface area contributed by atoms with Crippen molar-refractivity contribution in [3.63, 3.8) is 0 Å². The molecule has 0 saturated carbocycles. The molecule has 104 valence electrons. The first kappa shape index (κ1) is 12.8. The first-order valence-corrected chi connectivity index (χ1v) is 7.32. The standard InChI is InChI=1S/C16H24N2O/c1-11-4-5-14(12(2)16(11)19-3)17-15-7-9-18-8-6-13(15)10-18/h4-5,13,15,17H,6-10H2,1-3H3. The van der Waals surface area contributed by atoms with Crippen LogP contribution in [0.15, 0.2) is 12.1 Å². The van der Waals surface area contributed by atoms with Crippen molar-refractivity contribution in [3.8, 4) is 5.75 Å². The normalized spacial score (nSPS) is 29.3.